The Morgan fingerprint density at radius 2 is 2.38 bits per heavy atom. The van der Waals surface area contributed by atoms with E-state index in [0.717, 1.165) is 12.8 Å². The second-order valence-corrected chi connectivity index (χ2v) is 3.81. The molecular weight excluding hydrogens is 166 g/mol. The smallest absolute Gasteiger partial charge is 0.327 e. The topological polar surface area (TPSA) is 46.9 Å². The van der Waals surface area contributed by atoms with Crippen LogP contribution >= 0.6 is 0 Å². The Labute approximate surface area is 77.0 Å². The van der Waals surface area contributed by atoms with Crippen molar-refractivity contribution in [2.45, 2.75) is 31.7 Å². The molecule has 0 bridgehead atoms. The summed E-state index contributed by atoms with van der Waals surface area (Å²) in [7, 11) is 0. The Kier molecular flexibility index (Phi) is 1.83. The molecule has 1 aliphatic rings. The lowest BCUT2D eigenvalue weighted by molar-refractivity contribution is 0.192. The molecule has 13 heavy (non-hydrogen) atoms. The summed E-state index contributed by atoms with van der Waals surface area (Å²) in [5.41, 5.74) is 0.0152. The van der Waals surface area contributed by atoms with E-state index in [4.69, 9.17) is 0 Å². The summed E-state index contributed by atoms with van der Waals surface area (Å²) >= 11 is 0. The Morgan fingerprint density at radius 1 is 1.62 bits per heavy atom. The van der Waals surface area contributed by atoms with Crippen LogP contribution in [0.2, 0.25) is 0 Å². The second-order valence-electron chi connectivity index (χ2n) is 3.81. The fourth-order valence-electron chi connectivity index (χ4n) is 1.53. The number of nitrogens with zero attached hydrogens (tertiary/aromatic N) is 2. The maximum atomic E-state index is 11.5. The molecule has 4 nitrogen and oxygen atoms in total. The van der Waals surface area contributed by atoms with Crippen LogP contribution in [0.5, 0.6) is 0 Å². The van der Waals surface area contributed by atoms with Crippen molar-refractivity contribution >= 4 is 6.03 Å². The summed E-state index contributed by atoms with van der Waals surface area (Å²) in [5, 5.41) is 2.98. The molecule has 0 atom stereocenters. The van der Waals surface area contributed by atoms with E-state index >= 15 is 0 Å². The molecule has 2 rings (SSSR count). The summed E-state index contributed by atoms with van der Waals surface area (Å²) in [6, 6.07) is -0.0836. The van der Waals surface area contributed by atoms with Gasteiger partial charge < -0.3 is 5.32 Å². The van der Waals surface area contributed by atoms with Crippen molar-refractivity contribution in [3.8, 4) is 0 Å². The summed E-state index contributed by atoms with van der Waals surface area (Å²) in [5.74, 6) is 0. The van der Waals surface area contributed by atoms with Gasteiger partial charge in [-0.05, 0) is 26.2 Å². The maximum Gasteiger partial charge on any atom is 0.327 e. The number of carbonyl (C=O) groups is 1. The highest BCUT2D eigenvalue weighted by molar-refractivity contribution is 5.77. The van der Waals surface area contributed by atoms with Gasteiger partial charge in [0.05, 0.1) is 0 Å². The van der Waals surface area contributed by atoms with E-state index < -0.39 is 0 Å². The third-order valence-corrected chi connectivity index (χ3v) is 2.60. The average Bonchev–Trinajstić information content (AvgIpc) is 2.53. The van der Waals surface area contributed by atoms with Crippen LogP contribution in [0.25, 0.3) is 0 Å². The highest BCUT2D eigenvalue weighted by Gasteiger charge is 2.33. The summed E-state index contributed by atoms with van der Waals surface area (Å²) < 4.78 is 1.46. The third kappa shape index (κ3) is 1.56. The van der Waals surface area contributed by atoms with Crippen molar-refractivity contribution in [1.29, 1.82) is 0 Å². The molecule has 0 unspecified atom stereocenters. The fourth-order valence-corrected chi connectivity index (χ4v) is 1.53. The standard InChI is InChI=1S/C9H13N3O/c1-9(3-2-4-9)11-8(13)12-6-5-10-7-12/h5-7H,2-4H2,1H3,(H,11,13). The number of imidazole rings is 1. The first-order valence-corrected chi connectivity index (χ1v) is 4.50. The lowest BCUT2D eigenvalue weighted by atomic mass is 9.79. The molecule has 0 saturated heterocycles. The van der Waals surface area contributed by atoms with Crippen molar-refractivity contribution in [2.24, 2.45) is 0 Å². The van der Waals surface area contributed by atoms with Crippen LogP contribution in [-0.2, 0) is 0 Å². The largest absolute Gasteiger partial charge is 0.332 e. The third-order valence-electron chi connectivity index (χ3n) is 2.60. The van der Waals surface area contributed by atoms with Crippen molar-refractivity contribution in [3.05, 3.63) is 18.7 Å². The predicted octanol–water partition coefficient (Wildman–Crippen LogP) is 1.38. The summed E-state index contributed by atoms with van der Waals surface area (Å²) in [4.78, 5) is 15.3. The molecule has 1 heterocycles. The lowest BCUT2D eigenvalue weighted by Gasteiger charge is -2.38. The molecule has 0 spiro atoms. The van der Waals surface area contributed by atoms with Crippen LogP contribution < -0.4 is 5.32 Å². The van der Waals surface area contributed by atoms with Crippen LogP contribution in [0.15, 0.2) is 18.7 Å². The second kappa shape index (κ2) is 2.87. The SMILES string of the molecule is CC1(NC(=O)n2ccnc2)CCC1. The first kappa shape index (κ1) is 8.29. The minimum Gasteiger partial charge on any atom is -0.332 e. The van der Waals surface area contributed by atoms with Crippen LogP contribution in [0.4, 0.5) is 4.79 Å². The molecule has 0 aliphatic heterocycles. The van der Waals surface area contributed by atoms with Crippen LogP contribution in [0.1, 0.15) is 26.2 Å². The van der Waals surface area contributed by atoms with Gasteiger partial charge >= 0.3 is 6.03 Å². The zero-order valence-corrected chi connectivity index (χ0v) is 7.66. The normalized spacial score (nSPS) is 19.2. The van der Waals surface area contributed by atoms with E-state index in [9.17, 15) is 4.79 Å². The molecule has 1 amide bonds. The summed E-state index contributed by atoms with van der Waals surface area (Å²) in [6.07, 6.45) is 8.12. The molecule has 0 aromatic carbocycles. The predicted molar refractivity (Wildman–Crippen MR) is 48.4 cm³/mol. The molecule has 4 heteroatoms. The van der Waals surface area contributed by atoms with E-state index in [-0.39, 0.29) is 11.6 Å². The molecule has 1 fully saturated rings. The number of carbonyl (C=O) groups excluding carboxylic acids is 1. The van der Waals surface area contributed by atoms with Gasteiger partial charge in [0.25, 0.3) is 0 Å². The van der Waals surface area contributed by atoms with Crippen molar-refractivity contribution in [1.82, 2.24) is 14.9 Å². The number of amides is 1. The van der Waals surface area contributed by atoms with Gasteiger partial charge in [-0.3, -0.25) is 4.57 Å². The Bertz CT molecular complexity index is 301. The van der Waals surface area contributed by atoms with Gasteiger partial charge in [-0.2, -0.15) is 0 Å². The fraction of sp³-hybridized carbons (Fsp3) is 0.556. The molecule has 1 aromatic heterocycles. The van der Waals surface area contributed by atoms with Gasteiger partial charge in [-0.1, -0.05) is 0 Å². The van der Waals surface area contributed by atoms with Gasteiger partial charge in [-0.15, -0.1) is 0 Å². The Balaban J connectivity index is 1.99. The highest BCUT2D eigenvalue weighted by atomic mass is 16.2. The lowest BCUT2D eigenvalue weighted by Crippen LogP contribution is -2.52. The number of rotatable bonds is 1. The molecule has 1 aromatic rings. The van der Waals surface area contributed by atoms with Crippen LogP contribution in [0, 0.1) is 0 Å². The minimum absolute atomic E-state index is 0.0152. The quantitative estimate of drug-likeness (QED) is 0.708. The molecular formula is C9H13N3O. The van der Waals surface area contributed by atoms with Crippen molar-refractivity contribution in [2.75, 3.05) is 0 Å². The van der Waals surface area contributed by atoms with Gasteiger partial charge in [0.1, 0.15) is 6.33 Å². The molecule has 1 saturated carbocycles. The molecule has 70 valence electrons. The van der Waals surface area contributed by atoms with Gasteiger partial charge in [-0.25, -0.2) is 9.78 Å². The van der Waals surface area contributed by atoms with Gasteiger partial charge in [0.2, 0.25) is 0 Å². The zero-order chi connectivity index (χ0) is 9.31. The van der Waals surface area contributed by atoms with Crippen molar-refractivity contribution < 1.29 is 4.79 Å². The van der Waals surface area contributed by atoms with E-state index in [2.05, 4.69) is 17.2 Å². The van der Waals surface area contributed by atoms with Crippen molar-refractivity contribution in [3.63, 3.8) is 0 Å². The van der Waals surface area contributed by atoms with Gasteiger partial charge in [0, 0.05) is 17.9 Å². The molecule has 0 radical (unpaired) electrons. The number of nitrogens with one attached hydrogen (secondary N) is 1. The Morgan fingerprint density at radius 3 is 2.85 bits per heavy atom. The van der Waals surface area contributed by atoms with Crippen LogP contribution in [0.3, 0.4) is 0 Å². The zero-order valence-electron chi connectivity index (χ0n) is 7.66. The van der Waals surface area contributed by atoms with E-state index in [1.54, 1.807) is 12.4 Å². The molecule has 1 aliphatic carbocycles. The summed E-state index contributed by atoms with van der Waals surface area (Å²) in [6.45, 7) is 2.07. The number of hydrogen-bond acceptors (Lipinski definition) is 2. The number of hydrogen-bond donors (Lipinski definition) is 1. The molecule has 1 N–H and O–H groups in total. The van der Waals surface area contributed by atoms with Crippen LogP contribution in [-0.4, -0.2) is 21.1 Å². The highest BCUT2D eigenvalue weighted by Crippen LogP contribution is 2.30. The van der Waals surface area contributed by atoms with E-state index in [1.165, 1.54) is 17.3 Å². The monoisotopic (exact) mass is 179 g/mol. The first-order valence-electron chi connectivity index (χ1n) is 4.50. The maximum absolute atomic E-state index is 11.5. The van der Waals surface area contributed by atoms with E-state index in [0.29, 0.717) is 0 Å². The van der Waals surface area contributed by atoms with Gasteiger partial charge in [0.15, 0.2) is 0 Å². The minimum atomic E-state index is -0.0836. The average molecular weight is 179 g/mol. The first-order chi connectivity index (χ1) is 6.20. The van der Waals surface area contributed by atoms with E-state index in [1.807, 2.05) is 0 Å². The number of aromatic nitrogens is 2. The Hall–Kier alpha value is -1.32.